The minimum absolute atomic E-state index is 0.0763. The number of hydrogen-bond donors (Lipinski definition) is 0. The van der Waals surface area contributed by atoms with Crippen LogP contribution in [-0.2, 0) is 16.0 Å². The molecule has 4 rings (SSSR count). The Balaban J connectivity index is 1.64. The first-order valence-electron chi connectivity index (χ1n) is 10.7. The third-order valence-electron chi connectivity index (χ3n) is 6.15. The van der Waals surface area contributed by atoms with Crippen LogP contribution in [0.2, 0.25) is 0 Å². The third kappa shape index (κ3) is 4.26. The topological polar surface area (TPSA) is 83.8 Å². The lowest BCUT2D eigenvalue weighted by Gasteiger charge is -2.32. The molecule has 2 aromatic carbocycles. The first-order chi connectivity index (χ1) is 15.3. The Labute approximate surface area is 185 Å². The van der Waals surface area contributed by atoms with E-state index in [2.05, 4.69) is 6.92 Å². The van der Waals surface area contributed by atoms with Crippen LogP contribution in [0.3, 0.4) is 0 Å². The zero-order chi connectivity index (χ0) is 22.8. The van der Waals surface area contributed by atoms with Crippen molar-refractivity contribution in [2.45, 2.75) is 26.2 Å². The van der Waals surface area contributed by atoms with Crippen molar-refractivity contribution < 1.29 is 18.9 Å². The van der Waals surface area contributed by atoms with Crippen LogP contribution < -0.4 is 0 Å². The van der Waals surface area contributed by atoms with Gasteiger partial charge in [0.15, 0.2) is 0 Å². The summed E-state index contributed by atoms with van der Waals surface area (Å²) < 4.78 is 13.2. The molecule has 1 saturated heterocycles. The average molecular weight is 437 g/mol. The fourth-order valence-electron chi connectivity index (χ4n) is 4.19. The molecule has 0 saturated carbocycles. The molecule has 2 aliphatic rings. The Morgan fingerprint density at radius 3 is 2.22 bits per heavy atom. The Hall–Kier alpha value is -3.55. The highest BCUT2D eigenvalue weighted by Gasteiger charge is 2.41. The first-order valence-corrected chi connectivity index (χ1v) is 10.7. The number of amides is 2. The molecule has 0 aromatic heterocycles. The quantitative estimate of drug-likeness (QED) is 0.390. The maximum Gasteiger partial charge on any atom is 0.277 e. The molecule has 8 heteroatoms. The van der Waals surface area contributed by atoms with Crippen molar-refractivity contribution in [3.05, 3.63) is 81.3 Å². The van der Waals surface area contributed by atoms with Gasteiger partial charge in [-0.15, -0.1) is 0 Å². The molecule has 0 atom stereocenters. The van der Waals surface area contributed by atoms with Crippen LogP contribution in [0.4, 0.5) is 10.1 Å². The predicted molar refractivity (Wildman–Crippen MR) is 117 cm³/mol. The van der Waals surface area contributed by atoms with E-state index in [-0.39, 0.29) is 24.0 Å². The summed E-state index contributed by atoms with van der Waals surface area (Å²) in [5, 5.41) is 11.0. The monoisotopic (exact) mass is 437 g/mol. The molecule has 2 heterocycles. The molecule has 32 heavy (non-hydrogen) atoms. The summed E-state index contributed by atoms with van der Waals surface area (Å²) in [6, 6.07) is 11.7. The van der Waals surface area contributed by atoms with E-state index in [0.717, 1.165) is 18.4 Å². The molecule has 1 fully saturated rings. The molecular weight excluding hydrogens is 413 g/mol. The Morgan fingerprint density at radius 2 is 1.62 bits per heavy atom. The van der Waals surface area contributed by atoms with Crippen molar-refractivity contribution in [1.82, 2.24) is 9.80 Å². The van der Waals surface area contributed by atoms with Crippen LogP contribution in [-0.4, -0.2) is 46.2 Å². The van der Waals surface area contributed by atoms with E-state index >= 15 is 0 Å². The van der Waals surface area contributed by atoms with Gasteiger partial charge in [0.05, 0.1) is 10.5 Å². The average Bonchev–Trinajstić information content (AvgIpc) is 3.03. The van der Waals surface area contributed by atoms with Gasteiger partial charge in [-0.25, -0.2) is 4.39 Å². The van der Waals surface area contributed by atoms with Gasteiger partial charge in [0, 0.05) is 31.8 Å². The molecule has 0 spiro atoms. The maximum atomic E-state index is 13.4. The van der Waals surface area contributed by atoms with Gasteiger partial charge in [-0.2, -0.15) is 0 Å². The largest absolute Gasteiger partial charge is 0.366 e. The van der Waals surface area contributed by atoms with Crippen molar-refractivity contribution in [2.75, 3.05) is 19.6 Å². The van der Waals surface area contributed by atoms with Crippen molar-refractivity contribution >= 4 is 23.1 Å². The van der Waals surface area contributed by atoms with Crippen LogP contribution in [0.1, 0.15) is 30.9 Å². The molecule has 0 N–H and O–H groups in total. The highest BCUT2D eigenvalue weighted by Crippen LogP contribution is 2.34. The zero-order valence-electron chi connectivity index (χ0n) is 17.8. The van der Waals surface area contributed by atoms with Gasteiger partial charge in [0.1, 0.15) is 11.5 Å². The molecule has 2 amide bonds. The third-order valence-corrected chi connectivity index (χ3v) is 6.15. The van der Waals surface area contributed by atoms with E-state index in [1.54, 1.807) is 12.1 Å². The Bertz CT molecular complexity index is 1070. The summed E-state index contributed by atoms with van der Waals surface area (Å²) in [6.07, 6.45) is 2.26. The van der Waals surface area contributed by atoms with Gasteiger partial charge in [0.25, 0.3) is 17.5 Å². The number of non-ortho nitro benzene ring substituents is 1. The zero-order valence-corrected chi connectivity index (χ0v) is 17.8. The molecule has 0 radical (unpaired) electrons. The number of nitro groups is 1. The maximum absolute atomic E-state index is 13.4. The fraction of sp³-hybridized carbons (Fsp3) is 0.333. The summed E-state index contributed by atoms with van der Waals surface area (Å²) >= 11 is 0. The van der Waals surface area contributed by atoms with E-state index < -0.39 is 10.8 Å². The van der Waals surface area contributed by atoms with Crippen LogP contribution in [0, 0.1) is 21.8 Å². The number of carbonyl (C=O) groups is 2. The van der Waals surface area contributed by atoms with Gasteiger partial charge in [-0.3, -0.25) is 24.6 Å². The number of piperidine rings is 1. The van der Waals surface area contributed by atoms with Gasteiger partial charge in [0.2, 0.25) is 0 Å². The van der Waals surface area contributed by atoms with E-state index in [9.17, 15) is 24.1 Å². The highest BCUT2D eigenvalue weighted by molar-refractivity contribution is 6.35. The molecule has 0 bridgehead atoms. The number of halogens is 1. The second kappa shape index (κ2) is 8.90. The normalized spacial score (nSPS) is 17.4. The number of benzene rings is 2. The van der Waals surface area contributed by atoms with E-state index in [4.69, 9.17) is 0 Å². The smallest absolute Gasteiger partial charge is 0.277 e. The van der Waals surface area contributed by atoms with Crippen molar-refractivity contribution in [2.24, 2.45) is 5.92 Å². The lowest BCUT2D eigenvalue weighted by Crippen LogP contribution is -2.39. The standard InChI is InChI=1S/C24H24FN3O4/c1-16-10-13-26(14-11-16)22-21(18-4-8-20(9-5-18)28(31)32)23(29)27(24(22)30)15-12-17-2-6-19(25)7-3-17/h2-9,16H,10-15H2,1H3. The number of imide groups is 1. The van der Waals surface area contributed by atoms with Crippen molar-refractivity contribution in [1.29, 1.82) is 0 Å². The fourth-order valence-corrected chi connectivity index (χ4v) is 4.19. The lowest BCUT2D eigenvalue weighted by atomic mass is 9.97. The summed E-state index contributed by atoms with van der Waals surface area (Å²) in [5.41, 5.74) is 1.90. The van der Waals surface area contributed by atoms with Crippen LogP contribution in [0.5, 0.6) is 0 Å². The van der Waals surface area contributed by atoms with E-state index in [1.165, 1.54) is 41.3 Å². The lowest BCUT2D eigenvalue weighted by molar-refractivity contribution is -0.384. The molecule has 0 unspecified atom stereocenters. The SMILES string of the molecule is CC1CCN(C2=C(c3ccc([N+](=O)[O-])cc3)C(=O)N(CCc3ccc(F)cc3)C2=O)CC1. The van der Waals surface area contributed by atoms with Crippen LogP contribution in [0.15, 0.2) is 54.2 Å². The Morgan fingerprint density at radius 1 is 1.00 bits per heavy atom. The van der Waals surface area contributed by atoms with Gasteiger partial charge in [-0.1, -0.05) is 19.1 Å². The van der Waals surface area contributed by atoms with E-state index in [1.807, 2.05) is 4.90 Å². The van der Waals surface area contributed by atoms with Crippen molar-refractivity contribution in [3.8, 4) is 0 Å². The molecule has 2 aliphatic heterocycles. The summed E-state index contributed by atoms with van der Waals surface area (Å²) in [5.74, 6) is -0.540. The molecular formula is C24H24FN3O4. The highest BCUT2D eigenvalue weighted by atomic mass is 19.1. The van der Waals surface area contributed by atoms with Gasteiger partial charge < -0.3 is 4.90 Å². The Kier molecular flexibility index (Phi) is 6.03. The number of nitro benzene ring substituents is 1. The summed E-state index contributed by atoms with van der Waals surface area (Å²) in [6.45, 7) is 3.70. The van der Waals surface area contributed by atoms with Crippen LogP contribution >= 0.6 is 0 Å². The number of rotatable bonds is 6. The second-order valence-corrected chi connectivity index (χ2v) is 8.34. The number of nitrogens with zero attached hydrogens (tertiary/aromatic N) is 3. The predicted octanol–water partition coefficient (Wildman–Crippen LogP) is 3.79. The molecule has 0 aliphatic carbocycles. The first kappa shape index (κ1) is 21.7. The number of likely N-dealkylation sites (tertiary alicyclic amines) is 1. The molecule has 7 nitrogen and oxygen atoms in total. The van der Waals surface area contributed by atoms with E-state index in [0.29, 0.717) is 42.3 Å². The molecule has 166 valence electrons. The van der Waals surface area contributed by atoms with Crippen molar-refractivity contribution in [3.63, 3.8) is 0 Å². The minimum atomic E-state index is -0.498. The number of hydrogen-bond acceptors (Lipinski definition) is 5. The number of carbonyl (C=O) groups excluding carboxylic acids is 2. The minimum Gasteiger partial charge on any atom is -0.366 e. The second-order valence-electron chi connectivity index (χ2n) is 8.34. The van der Waals surface area contributed by atoms with Gasteiger partial charge in [-0.05, 0) is 60.6 Å². The van der Waals surface area contributed by atoms with Crippen LogP contribution in [0.25, 0.3) is 5.57 Å². The summed E-state index contributed by atoms with van der Waals surface area (Å²) in [4.78, 5) is 40.4. The summed E-state index contributed by atoms with van der Waals surface area (Å²) in [7, 11) is 0. The molecule has 2 aromatic rings. The van der Waals surface area contributed by atoms with Gasteiger partial charge >= 0.3 is 0 Å².